The summed E-state index contributed by atoms with van der Waals surface area (Å²) >= 11 is 1.86. The van der Waals surface area contributed by atoms with Crippen LogP contribution >= 0.6 is 11.3 Å². The number of rotatable bonds is 3. The van der Waals surface area contributed by atoms with E-state index in [0.29, 0.717) is 0 Å². The molecule has 0 spiro atoms. The fourth-order valence-electron chi connectivity index (χ4n) is 7.73. The zero-order chi connectivity index (χ0) is 32.1. The zero-order valence-electron chi connectivity index (χ0n) is 26.2. The molecular weight excluding hydrogens is 617 g/mol. The molecule has 228 valence electrons. The third kappa shape index (κ3) is 3.85. The first-order valence-electron chi connectivity index (χ1n) is 16.5. The summed E-state index contributed by atoms with van der Waals surface area (Å²) in [5.41, 5.74) is 7.84. The Balaban J connectivity index is 1.23. The quantitative estimate of drug-likeness (QED) is 0.192. The molecule has 49 heavy (non-hydrogen) atoms. The highest BCUT2D eigenvalue weighted by molar-refractivity contribution is 7.26. The highest BCUT2D eigenvalue weighted by atomic mass is 32.1. The van der Waals surface area contributed by atoms with Crippen molar-refractivity contribution in [1.29, 1.82) is 0 Å². The number of hydrogen-bond donors (Lipinski definition) is 0. The summed E-state index contributed by atoms with van der Waals surface area (Å²) in [6.45, 7) is 0. The van der Waals surface area contributed by atoms with Gasteiger partial charge in [0.2, 0.25) is 0 Å². The topological polar surface area (TPSA) is 35.6 Å². The van der Waals surface area contributed by atoms with Gasteiger partial charge in [-0.25, -0.2) is 9.97 Å². The minimum Gasteiger partial charge on any atom is -0.309 e. The molecule has 7 aromatic carbocycles. The average molecular weight is 643 g/mol. The Bertz CT molecular complexity index is 3100. The molecule has 0 unspecified atom stereocenters. The number of nitrogens with zero attached hydrogens (tertiary/aromatic N) is 4. The van der Waals surface area contributed by atoms with E-state index < -0.39 is 0 Å². The molecule has 4 heterocycles. The maximum absolute atomic E-state index is 5.29. The van der Waals surface area contributed by atoms with Gasteiger partial charge in [-0.1, -0.05) is 97.1 Å². The van der Waals surface area contributed by atoms with Crippen molar-refractivity contribution in [2.45, 2.75) is 0 Å². The lowest BCUT2D eigenvalue weighted by Gasteiger charge is -2.12. The van der Waals surface area contributed by atoms with E-state index in [4.69, 9.17) is 9.97 Å². The van der Waals surface area contributed by atoms with Crippen LogP contribution in [0.15, 0.2) is 158 Å². The molecule has 0 radical (unpaired) electrons. The van der Waals surface area contributed by atoms with Gasteiger partial charge in [-0.3, -0.25) is 4.57 Å². The minimum absolute atomic E-state index is 0.723. The summed E-state index contributed by atoms with van der Waals surface area (Å²) < 4.78 is 7.29. The van der Waals surface area contributed by atoms with Crippen LogP contribution in [-0.2, 0) is 0 Å². The second-order valence-electron chi connectivity index (χ2n) is 12.6. The molecule has 11 aromatic rings. The Kier molecular flexibility index (Phi) is 5.51. The van der Waals surface area contributed by atoms with Gasteiger partial charge in [-0.05, 0) is 60.7 Å². The molecule has 11 rings (SSSR count). The second kappa shape index (κ2) is 10.1. The monoisotopic (exact) mass is 642 g/mol. The summed E-state index contributed by atoms with van der Waals surface area (Å²) in [5, 5.41) is 8.58. The Morgan fingerprint density at radius 3 is 1.59 bits per heavy atom. The summed E-state index contributed by atoms with van der Waals surface area (Å²) in [6.07, 6.45) is 0. The Morgan fingerprint density at radius 2 is 0.918 bits per heavy atom. The molecule has 0 atom stereocenters. The molecular formula is C44H26N4S. The number of hydrogen-bond acceptors (Lipinski definition) is 3. The van der Waals surface area contributed by atoms with E-state index >= 15 is 0 Å². The van der Waals surface area contributed by atoms with Gasteiger partial charge in [-0.2, -0.15) is 0 Å². The van der Waals surface area contributed by atoms with Crippen LogP contribution in [0, 0.1) is 0 Å². The predicted octanol–water partition coefficient (Wildman–Crippen LogP) is 11.9. The fourth-order valence-corrected chi connectivity index (χ4v) is 8.87. The van der Waals surface area contributed by atoms with Crippen LogP contribution in [0.5, 0.6) is 0 Å². The lowest BCUT2D eigenvalue weighted by Crippen LogP contribution is -2.02. The number of para-hydroxylation sites is 4. The Morgan fingerprint density at radius 1 is 0.388 bits per heavy atom. The van der Waals surface area contributed by atoms with Crippen molar-refractivity contribution in [3.63, 3.8) is 0 Å². The largest absolute Gasteiger partial charge is 0.309 e. The third-order valence-electron chi connectivity index (χ3n) is 9.90. The normalized spacial score (nSPS) is 12.1. The number of aromatic nitrogens is 4. The highest BCUT2D eigenvalue weighted by Gasteiger charge is 2.20. The molecule has 5 heteroatoms. The van der Waals surface area contributed by atoms with E-state index in [1.165, 1.54) is 58.4 Å². The molecule has 4 nitrogen and oxygen atoms in total. The lowest BCUT2D eigenvalue weighted by atomic mass is 10.1. The van der Waals surface area contributed by atoms with Gasteiger partial charge in [-0.15, -0.1) is 11.3 Å². The molecule has 0 saturated heterocycles. The number of benzene rings is 7. The minimum atomic E-state index is 0.723. The third-order valence-corrected chi connectivity index (χ3v) is 11.0. The van der Waals surface area contributed by atoms with Gasteiger partial charge in [0.15, 0.2) is 5.82 Å². The molecule has 0 aliphatic carbocycles. The SMILES string of the molecule is c1ccc(-c2nc(-n3c4ccccc4c4cc5c(cc43)sc3cc4c(cc35)c3ccccc3n4-c3ccccc3)c3ccccc3n2)cc1. The van der Waals surface area contributed by atoms with Gasteiger partial charge < -0.3 is 4.57 Å². The second-order valence-corrected chi connectivity index (χ2v) is 13.7. The van der Waals surface area contributed by atoms with Crippen LogP contribution in [-0.4, -0.2) is 19.1 Å². The number of thiophene rings is 1. The van der Waals surface area contributed by atoms with Gasteiger partial charge in [0.1, 0.15) is 5.82 Å². The van der Waals surface area contributed by atoms with Crippen molar-refractivity contribution in [2.24, 2.45) is 0 Å². The van der Waals surface area contributed by atoms with Crippen molar-refractivity contribution in [3.05, 3.63) is 158 Å². The molecule has 0 saturated carbocycles. The molecule has 0 aliphatic heterocycles. The lowest BCUT2D eigenvalue weighted by molar-refractivity contribution is 1.08. The Labute approximate surface area is 284 Å². The van der Waals surface area contributed by atoms with Crippen molar-refractivity contribution in [2.75, 3.05) is 0 Å². The number of fused-ring (bicyclic) bond motifs is 10. The van der Waals surface area contributed by atoms with E-state index in [0.717, 1.165) is 39.1 Å². The summed E-state index contributed by atoms with van der Waals surface area (Å²) in [5.74, 6) is 1.62. The van der Waals surface area contributed by atoms with Crippen LogP contribution < -0.4 is 0 Å². The van der Waals surface area contributed by atoms with Gasteiger partial charge >= 0.3 is 0 Å². The molecule has 0 N–H and O–H groups in total. The van der Waals surface area contributed by atoms with Crippen molar-refractivity contribution in [3.8, 4) is 22.9 Å². The van der Waals surface area contributed by atoms with Crippen molar-refractivity contribution < 1.29 is 0 Å². The summed E-state index contributed by atoms with van der Waals surface area (Å²) in [6, 6.07) is 56.4. The first-order valence-corrected chi connectivity index (χ1v) is 17.3. The smallest absolute Gasteiger partial charge is 0.162 e. The standard InChI is InChI=1S/C44H26N4S/c1-3-13-27(14-4-1)43-45-36-20-10-7-19-31(36)44(46-43)48-38-22-12-9-18-30(38)33-24-35-34-23-32-29-17-8-11-21-37(29)47(28-15-5-2-6-16-28)39(32)25-41(34)49-42(35)26-40(33)48/h1-26H. The predicted molar refractivity (Wildman–Crippen MR) is 207 cm³/mol. The van der Waals surface area contributed by atoms with E-state index in [-0.39, 0.29) is 0 Å². The van der Waals surface area contributed by atoms with Crippen LogP contribution in [0.3, 0.4) is 0 Å². The summed E-state index contributed by atoms with van der Waals surface area (Å²) in [4.78, 5) is 10.3. The summed E-state index contributed by atoms with van der Waals surface area (Å²) in [7, 11) is 0. The van der Waals surface area contributed by atoms with Crippen LogP contribution in [0.4, 0.5) is 0 Å². The fraction of sp³-hybridized carbons (Fsp3) is 0. The maximum atomic E-state index is 5.29. The van der Waals surface area contributed by atoms with Gasteiger partial charge in [0.05, 0.1) is 27.6 Å². The van der Waals surface area contributed by atoms with Crippen LogP contribution in [0.1, 0.15) is 0 Å². The molecule has 0 fully saturated rings. The van der Waals surface area contributed by atoms with E-state index in [9.17, 15) is 0 Å². The molecule has 0 aliphatic rings. The van der Waals surface area contributed by atoms with Gasteiger partial charge in [0, 0.05) is 58.4 Å². The molecule has 4 aromatic heterocycles. The van der Waals surface area contributed by atoms with Crippen molar-refractivity contribution >= 4 is 86.0 Å². The Hall–Kier alpha value is -6.30. The zero-order valence-corrected chi connectivity index (χ0v) is 27.0. The van der Waals surface area contributed by atoms with Gasteiger partial charge in [0.25, 0.3) is 0 Å². The maximum Gasteiger partial charge on any atom is 0.162 e. The average Bonchev–Trinajstić information content (AvgIpc) is 3.79. The van der Waals surface area contributed by atoms with E-state index in [1.54, 1.807) is 0 Å². The van der Waals surface area contributed by atoms with Crippen LogP contribution in [0.25, 0.3) is 97.6 Å². The molecule has 0 bridgehead atoms. The first kappa shape index (κ1) is 26.7. The highest BCUT2D eigenvalue weighted by Crippen LogP contribution is 2.44. The first-order chi connectivity index (χ1) is 24.3. The van der Waals surface area contributed by atoms with Crippen LogP contribution in [0.2, 0.25) is 0 Å². The molecule has 0 amide bonds. The van der Waals surface area contributed by atoms with Crippen molar-refractivity contribution in [1.82, 2.24) is 19.1 Å². The van der Waals surface area contributed by atoms with E-state index in [2.05, 4.69) is 149 Å². The van der Waals surface area contributed by atoms with E-state index in [1.807, 2.05) is 29.5 Å².